The van der Waals surface area contributed by atoms with Crippen molar-refractivity contribution in [2.24, 2.45) is 0 Å². The van der Waals surface area contributed by atoms with Crippen molar-refractivity contribution in [2.75, 3.05) is 7.11 Å². The zero-order chi connectivity index (χ0) is 16.1. The molecule has 1 aromatic carbocycles. The van der Waals surface area contributed by atoms with E-state index < -0.39 is 13.1 Å². The van der Waals surface area contributed by atoms with Crippen molar-refractivity contribution in [3.05, 3.63) is 52.8 Å². The molecule has 0 radical (unpaired) electrons. The number of hydrogen-bond donors (Lipinski definition) is 2. The van der Waals surface area contributed by atoms with Gasteiger partial charge in [0.15, 0.2) is 0 Å². The maximum Gasteiger partial charge on any atom is 0.492 e. The highest BCUT2D eigenvalue weighted by atomic mass is 35.5. The minimum Gasteiger partial charge on any atom is -0.488 e. The number of nitrogens with zero attached hydrogens (tertiary/aromatic N) is 1. The summed E-state index contributed by atoms with van der Waals surface area (Å²) in [6, 6.07) is 8.27. The molecule has 114 valence electrons. The number of halogens is 1. The Hall–Kier alpha value is -2.09. The van der Waals surface area contributed by atoms with E-state index in [0.717, 1.165) is 5.56 Å². The van der Waals surface area contributed by atoms with Crippen LogP contribution in [0, 0.1) is 0 Å². The van der Waals surface area contributed by atoms with Gasteiger partial charge >= 0.3 is 13.1 Å². The summed E-state index contributed by atoms with van der Waals surface area (Å²) in [5.74, 6) is -0.522. The predicted molar refractivity (Wildman–Crippen MR) is 81.2 cm³/mol. The normalized spacial score (nSPS) is 10.2. The highest BCUT2D eigenvalue weighted by Crippen LogP contribution is 2.14. The van der Waals surface area contributed by atoms with Gasteiger partial charge in [0.25, 0.3) is 0 Å². The number of ether oxygens (including phenoxy) is 2. The molecule has 0 aliphatic heterocycles. The van der Waals surface area contributed by atoms with E-state index in [1.54, 1.807) is 18.2 Å². The monoisotopic (exact) mass is 321 g/mol. The summed E-state index contributed by atoms with van der Waals surface area (Å²) in [7, 11) is -0.594. The Bertz CT molecular complexity index is 680. The number of benzene rings is 1. The quantitative estimate of drug-likeness (QED) is 0.625. The Balaban J connectivity index is 2.21. The lowest BCUT2D eigenvalue weighted by Crippen LogP contribution is -2.32. The molecule has 0 saturated heterocycles. The van der Waals surface area contributed by atoms with Gasteiger partial charge < -0.3 is 19.5 Å². The van der Waals surface area contributed by atoms with E-state index in [1.807, 2.05) is 6.07 Å². The Labute approximate surface area is 132 Å². The molecule has 1 heterocycles. The van der Waals surface area contributed by atoms with Crippen LogP contribution in [0.4, 0.5) is 0 Å². The topological polar surface area (TPSA) is 88.9 Å². The summed E-state index contributed by atoms with van der Waals surface area (Å²) in [6.45, 7) is 0.166. The molecule has 8 heteroatoms. The van der Waals surface area contributed by atoms with Crippen LogP contribution in [0.15, 0.2) is 36.5 Å². The number of carbonyl (C=O) groups excluding carboxylic acids is 1. The lowest BCUT2D eigenvalue weighted by molar-refractivity contribution is 0.0594. The van der Waals surface area contributed by atoms with Gasteiger partial charge in [-0.1, -0.05) is 23.7 Å². The molecule has 0 unspecified atom stereocenters. The third kappa shape index (κ3) is 3.97. The minimum atomic E-state index is -1.80. The molecule has 22 heavy (non-hydrogen) atoms. The molecular weight excluding hydrogens is 308 g/mol. The first kappa shape index (κ1) is 16.3. The SMILES string of the molecule is COC(=O)c1cc(B(O)O)c(OCc2cccc(Cl)c2)cn1. The lowest BCUT2D eigenvalue weighted by Gasteiger charge is -2.12. The maximum atomic E-state index is 11.4. The molecule has 2 aromatic rings. The first-order chi connectivity index (χ1) is 10.5. The summed E-state index contributed by atoms with van der Waals surface area (Å²) >= 11 is 5.88. The number of carbonyl (C=O) groups is 1. The predicted octanol–water partition coefficient (Wildman–Crippen LogP) is 0.780. The molecule has 1 aromatic heterocycles. The van der Waals surface area contributed by atoms with Gasteiger partial charge in [-0.25, -0.2) is 9.78 Å². The molecule has 0 amide bonds. The molecule has 0 fully saturated rings. The van der Waals surface area contributed by atoms with E-state index in [2.05, 4.69) is 9.72 Å². The molecule has 6 nitrogen and oxygen atoms in total. The van der Waals surface area contributed by atoms with E-state index >= 15 is 0 Å². The number of methoxy groups -OCH3 is 1. The molecule has 0 spiro atoms. The zero-order valence-corrected chi connectivity index (χ0v) is 12.4. The van der Waals surface area contributed by atoms with Gasteiger partial charge in [-0.3, -0.25) is 0 Å². The number of rotatable bonds is 5. The third-order valence-electron chi connectivity index (χ3n) is 2.85. The summed E-state index contributed by atoms with van der Waals surface area (Å²) in [5.41, 5.74) is 0.793. The Kier molecular flexibility index (Phi) is 5.38. The van der Waals surface area contributed by atoms with Gasteiger partial charge in [0.05, 0.1) is 13.3 Å². The van der Waals surface area contributed by atoms with E-state index in [4.69, 9.17) is 16.3 Å². The molecule has 0 aliphatic carbocycles. The second-order valence-electron chi connectivity index (χ2n) is 4.39. The van der Waals surface area contributed by atoms with Crippen molar-refractivity contribution in [3.8, 4) is 5.75 Å². The maximum absolute atomic E-state index is 11.4. The molecule has 2 rings (SSSR count). The van der Waals surface area contributed by atoms with Crippen LogP contribution in [0.2, 0.25) is 5.02 Å². The Morgan fingerprint density at radius 2 is 2.14 bits per heavy atom. The average molecular weight is 322 g/mol. The van der Waals surface area contributed by atoms with Gasteiger partial charge in [0.2, 0.25) is 0 Å². The lowest BCUT2D eigenvalue weighted by atomic mass is 9.80. The van der Waals surface area contributed by atoms with Crippen LogP contribution in [0.5, 0.6) is 5.75 Å². The van der Waals surface area contributed by atoms with E-state index in [0.29, 0.717) is 5.02 Å². The van der Waals surface area contributed by atoms with Crippen LogP contribution in [0.1, 0.15) is 16.1 Å². The van der Waals surface area contributed by atoms with Gasteiger partial charge in [0, 0.05) is 10.5 Å². The van der Waals surface area contributed by atoms with E-state index in [9.17, 15) is 14.8 Å². The zero-order valence-electron chi connectivity index (χ0n) is 11.7. The highest BCUT2D eigenvalue weighted by molar-refractivity contribution is 6.59. The number of pyridine rings is 1. The summed E-state index contributed by atoms with van der Waals surface area (Å²) in [5, 5.41) is 19.4. The first-order valence-electron chi connectivity index (χ1n) is 6.33. The van der Waals surface area contributed by atoms with Gasteiger partial charge in [-0.2, -0.15) is 0 Å². The molecule has 2 N–H and O–H groups in total. The molecule has 0 bridgehead atoms. The van der Waals surface area contributed by atoms with Crippen LogP contribution in [0.25, 0.3) is 0 Å². The van der Waals surface area contributed by atoms with Crippen LogP contribution in [-0.2, 0) is 11.3 Å². The van der Waals surface area contributed by atoms with Crippen molar-refractivity contribution in [2.45, 2.75) is 6.61 Å². The second kappa shape index (κ2) is 7.26. The van der Waals surface area contributed by atoms with Crippen LogP contribution in [-0.4, -0.2) is 35.2 Å². The number of hydrogen-bond acceptors (Lipinski definition) is 6. The van der Waals surface area contributed by atoms with Crippen LogP contribution < -0.4 is 10.2 Å². The number of esters is 1. The summed E-state index contributed by atoms with van der Waals surface area (Å²) in [6.07, 6.45) is 1.24. The minimum absolute atomic E-state index is 0.0254. The third-order valence-corrected chi connectivity index (χ3v) is 3.09. The summed E-state index contributed by atoms with van der Waals surface area (Å²) in [4.78, 5) is 15.3. The Morgan fingerprint density at radius 1 is 1.36 bits per heavy atom. The van der Waals surface area contributed by atoms with Gasteiger partial charge in [-0.15, -0.1) is 0 Å². The van der Waals surface area contributed by atoms with E-state index in [-0.39, 0.29) is 23.5 Å². The van der Waals surface area contributed by atoms with E-state index in [1.165, 1.54) is 19.4 Å². The molecule has 0 aliphatic rings. The van der Waals surface area contributed by atoms with Crippen molar-refractivity contribution >= 4 is 30.2 Å². The van der Waals surface area contributed by atoms with Crippen molar-refractivity contribution in [1.29, 1.82) is 0 Å². The standard InChI is InChI=1S/C14H13BClNO5/c1-21-14(18)12-6-11(15(19)20)13(7-17-12)22-8-9-3-2-4-10(16)5-9/h2-7,19-20H,8H2,1H3. The first-order valence-corrected chi connectivity index (χ1v) is 6.70. The fourth-order valence-electron chi connectivity index (χ4n) is 1.78. The molecular formula is C14H13BClNO5. The van der Waals surface area contributed by atoms with Crippen molar-refractivity contribution in [3.63, 3.8) is 0 Å². The van der Waals surface area contributed by atoms with Gasteiger partial charge in [0.1, 0.15) is 18.1 Å². The largest absolute Gasteiger partial charge is 0.492 e. The number of aromatic nitrogens is 1. The van der Waals surface area contributed by atoms with Gasteiger partial charge in [-0.05, 0) is 23.8 Å². The summed E-state index contributed by atoms with van der Waals surface area (Å²) < 4.78 is 10.0. The van der Waals surface area contributed by atoms with Crippen LogP contribution in [0.3, 0.4) is 0 Å². The Morgan fingerprint density at radius 3 is 2.77 bits per heavy atom. The van der Waals surface area contributed by atoms with Crippen molar-refractivity contribution in [1.82, 2.24) is 4.98 Å². The van der Waals surface area contributed by atoms with Crippen molar-refractivity contribution < 1.29 is 24.3 Å². The fraction of sp³-hybridized carbons (Fsp3) is 0.143. The fourth-order valence-corrected chi connectivity index (χ4v) is 2.00. The second-order valence-corrected chi connectivity index (χ2v) is 4.83. The molecule has 0 saturated carbocycles. The highest BCUT2D eigenvalue weighted by Gasteiger charge is 2.21. The molecule has 0 atom stereocenters. The average Bonchev–Trinajstić information content (AvgIpc) is 2.52. The smallest absolute Gasteiger partial charge is 0.488 e. The van der Waals surface area contributed by atoms with Crippen LogP contribution >= 0.6 is 11.6 Å².